The molecule has 2 N–H and O–H groups in total. The second kappa shape index (κ2) is 47.5. The lowest BCUT2D eigenvalue weighted by Gasteiger charge is -2.72. The lowest BCUT2D eigenvalue weighted by atomic mass is 9.33. The Morgan fingerprint density at radius 1 is 0.382 bits per heavy atom. The van der Waals surface area contributed by atoms with Gasteiger partial charge in [0, 0.05) is 0 Å². The van der Waals surface area contributed by atoms with Gasteiger partial charge in [-0.15, -0.1) is 0 Å². The number of hydrogen-bond acceptors (Lipinski definition) is 18. The largest absolute Gasteiger partial charge is 0.481 e. The summed E-state index contributed by atoms with van der Waals surface area (Å²) in [5.74, 6) is -2.28. The zero-order valence-corrected chi connectivity index (χ0v) is 99.1. The molecule has 0 radical (unpaired) electrons. The molecule has 4 saturated carbocycles. The monoisotopic (exact) mass is 2000 g/mol. The maximum Gasteiger partial charge on any atom is 0.335 e. The molecular weight excluding hydrogens is 1800 g/mol. The van der Waals surface area contributed by atoms with Crippen molar-refractivity contribution in [2.24, 2.45) is 50.2 Å². The average Bonchev–Trinajstić information content (AvgIpc) is 0.667. The number of fused-ring (bicyclic) bond motifs is 7. The molecule has 0 aromatic carbocycles. The number of carbonyl (C=O) groups excluding carboxylic acids is 1. The number of ether oxygens (including phenoxy) is 6. The lowest BCUT2D eigenvalue weighted by Crippen LogP contribution is -2.72. The predicted molar refractivity (Wildman–Crippen MR) is 556 cm³/mol. The third kappa shape index (κ3) is 22.5. The van der Waals surface area contributed by atoms with Crippen LogP contribution >= 0.6 is 0 Å². The minimum absolute atomic E-state index is 0.0691. The number of carboxylic acids is 2. The van der Waals surface area contributed by atoms with Crippen LogP contribution in [0.3, 0.4) is 0 Å². The van der Waals surface area contributed by atoms with Crippen molar-refractivity contribution in [3.63, 3.8) is 0 Å². The van der Waals surface area contributed by atoms with Crippen molar-refractivity contribution in [3.8, 4) is 0 Å². The summed E-state index contributed by atoms with van der Waals surface area (Å²) in [5, 5.41) is 24.7. The molecule has 8 rings (SSSR count). The van der Waals surface area contributed by atoms with E-state index < -0.39 is 213 Å². The van der Waals surface area contributed by atoms with E-state index in [-0.39, 0.29) is 35.2 Å². The summed E-state index contributed by atoms with van der Waals surface area (Å²) < 4.78 is 122. The van der Waals surface area contributed by atoms with Gasteiger partial charge < -0.3 is 83.3 Å². The van der Waals surface area contributed by atoms with Crippen molar-refractivity contribution >= 4 is 93.1 Å². The molecule has 5 aliphatic carbocycles. The molecule has 3 aliphatic heterocycles. The van der Waals surface area contributed by atoms with Gasteiger partial charge in [0.25, 0.3) is 0 Å². The third-order valence-electron chi connectivity index (χ3n) is 39.9. The van der Waals surface area contributed by atoms with E-state index in [1.54, 1.807) is 0 Å². The van der Waals surface area contributed by atoms with Crippen LogP contribution in [0.5, 0.6) is 0 Å². The molecular formula is C102H200O20Si9. The van der Waals surface area contributed by atoms with Crippen LogP contribution in [0.25, 0.3) is 0 Å². The minimum Gasteiger partial charge on any atom is -0.481 e. The molecule has 0 bridgehead atoms. The quantitative estimate of drug-likeness (QED) is 0.0249. The van der Waals surface area contributed by atoms with Gasteiger partial charge in [0.2, 0.25) is 0 Å². The second-order valence-corrected chi connectivity index (χ2v) is 86.9. The number of carboxylic acid groups (broad SMARTS) is 2. The van der Waals surface area contributed by atoms with E-state index >= 15 is 9.59 Å². The number of hydrogen-bond donors (Lipinski definition) is 2. The molecule has 7 fully saturated rings. The van der Waals surface area contributed by atoms with Gasteiger partial charge in [-0.3, -0.25) is 4.79 Å². The van der Waals surface area contributed by atoms with Crippen LogP contribution in [0.4, 0.5) is 0 Å². The summed E-state index contributed by atoms with van der Waals surface area (Å²) in [5.41, 5.74) is -2.18. The van der Waals surface area contributed by atoms with Gasteiger partial charge in [0.15, 0.2) is 99.8 Å². The molecule has 3 saturated heterocycles. The van der Waals surface area contributed by atoms with Crippen molar-refractivity contribution in [1.82, 2.24) is 0 Å². The SMILES string of the molecule is CC[Si](CC)(CC)OC[C@H]1O[C@H](O[C@H]2[C@H](O[C@H]3CC[C@@]4(C)C(CC[C@]5(C)C4CC=C4C6CC(C)(C)CC[C@]6(C(=O)O)[C@H](O[Si](CC)(CC)CC)C[C@]45C)[C@]3(C)C=O)O[C@H](C(=O)O)[C@@H](O[Si](CC)(CC)CC)[C@@H]2O[C@@H]2O[C@@H](C)[C@@H](O[Si](CC)(CC)CC)[C@H](O[Si](CC)(CC)CC)[C@H]2O[Si](CC)(CC)CC)[C@H](O[Si](CC)(CC)CC)[C@@H](O[Si](CC)(CC)CC)[C@H]1O[Si](CC)(CC)CC. The summed E-state index contributed by atoms with van der Waals surface area (Å²) in [6.45, 7) is 78.0. The fourth-order valence-electron chi connectivity index (χ4n) is 27.6. The van der Waals surface area contributed by atoms with Gasteiger partial charge in [0.1, 0.15) is 61.2 Å². The predicted octanol–water partition coefficient (Wildman–Crippen LogP) is 27.2. The smallest absolute Gasteiger partial charge is 0.335 e. The highest BCUT2D eigenvalue weighted by atomic mass is 28.4. The van der Waals surface area contributed by atoms with E-state index in [2.05, 4.69) is 241 Å². The zero-order valence-electron chi connectivity index (χ0n) is 90.1. The van der Waals surface area contributed by atoms with Crippen molar-refractivity contribution < 1.29 is 92.9 Å². The highest BCUT2D eigenvalue weighted by Gasteiger charge is 2.74. The fourth-order valence-corrected chi connectivity index (χ4v) is 53.1. The molecule has 131 heavy (non-hydrogen) atoms. The zero-order chi connectivity index (χ0) is 98.0. The first-order chi connectivity index (χ1) is 61.9. The highest BCUT2D eigenvalue weighted by molar-refractivity contribution is 6.77. The number of allylic oxidation sites excluding steroid dienone is 2. The van der Waals surface area contributed by atoms with Crippen LogP contribution in [-0.4, -0.2) is 214 Å². The number of aldehydes is 1. The molecule has 25 atom stereocenters. The molecule has 0 spiro atoms. The van der Waals surface area contributed by atoms with Crippen LogP contribution in [0.1, 0.15) is 293 Å². The summed E-state index contributed by atoms with van der Waals surface area (Å²) >= 11 is 0. The Bertz CT molecular complexity index is 3490. The molecule has 3 unspecified atom stereocenters. The maximum absolute atomic E-state index is 15.7. The van der Waals surface area contributed by atoms with Gasteiger partial charge in [-0.1, -0.05) is 240 Å². The summed E-state index contributed by atoms with van der Waals surface area (Å²) in [7, 11) is -23.7. The van der Waals surface area contributed by atoms with Gasteiger partial charge in [-0.2, -0.15) is 0 Å². The maximum atomic E-state index is 15.7. The van der Waals surface area contributed by atoms with Crippen molar-refractivity contribution in [1.29, 1.82) is 0 Å². The van der Waals surface area contributed by atoms with Gasteiger partial charge >= 0.3 is 11.9 Å². The fraction of sp³-hybridized carbons (Fsp3) is 0.951. The molecule has 764 valence electrons. The molecule has 8 aliphatic rings. The Morgan fingerprint density at radius 3 is 1.15 bits per heavy atom. The average molecular weight is 2000 g/mol. The number of rotatable bonds is 55. The van der Waals surface area contributed by atoms with Crippen LogP contribution in [-0.2, 0) is 82.6 Å². The summed E-state index contributed by atoms with van der Waals surface area (Å²) in [4.78, 5) is 46.0. The third-order valence-corrected chi connectivity index (χ3v) is 81.7. The standard InChI is InChI=1S/C102H200O20Si9/c1-35-123(36-2,37-3)108-72-77-83(117-126(44-10,45-11)46-12)86(119-128(50-16,51-17)52-18)91(122-131(59-25,60-26)61-27)95(110-77)114-89-84(112-94-90(121-130(56-22,57-23)58-24)85(118-127(47-13,48-14)49-15)82(74(28)109-94)116-125(41-7,42-8)43-9)87(120-129(53-19,54-20)55-21)88(92(104)105)113-93(89)111-80-65-66-98(31)78(99(80,32)73-103)64-67-100(33)79(98)63-62-75-76-70-97(29,30)68-69-102(76,96(106)107)81(71-101(75,100)34)115-124(38-4,39-5)40-6/h62,73-74,76-91,93-95H,35-61,63-72H2,1-34H3,(H,104,105)(H,106,107)/t74-,76?,77+,78?,79?,80-,81+,82+,83-,84-,85-,86-,87-,88-,89+,90+,91+,93+,94-,95+,98-,99-,100+,101+,102+/m0/s1. The molecule has 0 aromatic rings. The normalized spacial score (nSPS) is 35.3. The highest BCUT2D eigenvalue weighted by Crippen LogP contribution is 2.77. The first-order valence-electron chi connectivity index (χ1n) is 54.6. The number of aliphatic carboxylic acids is 2. The summed E-state index contributed by atoms with van der Waals surface area (Å²) in [6.07, 6.45) is -7.02. The Labute approximate surface area is 809 Å². The lowest BCUT2D eigenvalue weighted by molar-refractivity contribution is -0.390. The Balaban J connectivity index is 1.48. The first kappa shape index (κ1) is 116. The molecule has 3 heterocycles. The van der Waals surface area contributed by atoms with E-state index in [4.69, 9.17) is 68.3 Å². The van der Waals surface area contributed by atoms with E-state index in [0.717, 1.165) is 171 Å². The Hall–Kier alpha value is -0.298. The second-order valence-electron chi connectivity index (χ2n) is 44.3. The van der Waals surface area contributed by atoms with Crippen LogP contribution in [0.15, 0.2) is 11.6 Å². The molecule has 0 amide bonds. The van der Waals surface area contributed by atoms with Gasteiger partial charge in [0.05, 0.1) is 41.9 Å². The van der Waals surface area contributed by atoms with Gasteiger partial charge in [-0.25, -0.2) is 4.79 Å². The minimum atomic E-state index is -2.98. The van der Waals surface area contributed by atoms with Crippen LogP contribution in [0, 0.1) is 50.2 Å². The van der Waals surface area contributed by atoms with Crippen molar-refractivity contribution in [3.05, 3.63) is 11.6 Å². The molecule has 29 heteroatoms. The van der Waals surface area contributed by atoms with Crippen molar-refractivity contribution in [2.45, 2.75) is 561 Å². The number of carbonyl (C=O) groups is 3. The first-order valence-corrected chi connectivity index (χ1v) is 77.3. The van der Waals surface area contributed by atoms with E-state index in [9.17, 15) is 15.0 Å². The molecule has 0 aromatic heterocycles. The van der Waals surface area contributed by atoms with Gasteiger partial charge in [-0.05, 0) is 267 Å². The Morgan fingerprint density at radius 2 is 0.748 bits per heavy atom. The van der Waals surface area contributed by atoms with E-state index in [1.807, 2.05) is 0 Å². The summed E-state index contributed by atoms with van der Waals surface area (Å²) in [6, 6.07) is 23.0. The van der Waals surface area contributed by atoms with E-state index in [1.165, 1.54) is 11.9 Å². The topological polar surface area (TPSA) is 230 Å². The van der Waals surface area contributed by atoms with E-state index in [0.29, 0.717) is 50.2 Å². The van der Waals surface area contributed by atoms with Crippen LogP contribution in [0.2, 0.25) is 163 Å². The van der Waals surface area contributed by atoms with Crippen LogP contribution < -0.4 is 0 Å². The Kier molecular flexibility index (Phi) is 42.0. The molecule has 20 nitrogen and oxygen atoms in total. The van der Waals surface area contributed by atoms with Crippen molar-refractivity contribution in [2.75, 3.05) is 6.61 Å².